The number of imidazole rings is 1. The summed E-state index contributed by atoms with van der Waals surface area (Å²) in [6, 6.07) is 6.18. The smallest absolute Gasteiger partial charge is 0.309 e. The maximum atomic E-state index is 11.4. The third-order valence-electron chi connectivity index (χ3n) is 3.40. The number of hydrogen-bond donors (Lipinski definition) is 3. The molecule has 1 aromatic carbocycles. The molecule has 2 aromatic heterocycles. The maximum absolute atomic E-state index is 11.4. The number of fused-ring (bicyclic) bond motifs is 1. The molecule has 0 amide bonds. The number of aromatic amines is 2. The Bertz CT molecular complexity index is 817. The summed E-state index contributed by atoms with van der Waals surface area (Å²) in [6.07, 6.45) is 0. The van der Waals surface area contributed by atoms with Gasteiger partial charge in [0.25, 0.3) is 0 Å². The molecule has 0 bridgehead atoms. The molecule has 3 N–H and O–H groups in total. The average molecular weight is 352 g/mol. The zero-order valence-electron chi connectivity index (χ0n) is 11.1. The van der Waals surface area contributed by atoms with Crippen molar-refractivity contribution in [1.82, 2.24) is 15.3 Å². The largest absolute Gasteiger partial charge is 0.323 e. The Labute approximate surface area is 128 Å². The van der Waals surface area contributed by atoms with E-state index in [0.29, 0.717) is 0 Å². The highest BCUT2D eigenvalue weighted by molar-refractivity contribution is 9.10. The minimum atomic E-state index is -0.183. The van der Waals surface area contributed by atoms with Crippen LogP contribution < -0.4 is 11.0 Å². The van der Waals surface area contributed by atoms with Crippen molar-refractivity contribution < 1.29 is 0 Å². The average Bonchev–Trinajstić information content (AvgIpc) is 2.96. The van der Waals surface area contributed by atoms with Gasteiger partial charge in [0.2, 0.25) is 0 Å². The standard InChI is InChI=1S/C14H14BrN3OS/c1-7-3-4-20-13(7)12(16-2)8-5-10-11(6-9(8)15)18-14(19)17-10/h3-6,12,16H,1-2H3,(H2,17,18,19). The van der Waals surface area contributed by atoms with Crippen LogP contribution in [-0.2, 0) is 0 Å². The molecule has 0 aliphatic rings. The minimum absolute atomic E-state index is 0.104. The number of hydrogen-bond acceptors (Lipinski definition) is 3. The minimum Gasteiger partial charge on any atom is -0.309 e. The van der Waals surface area contributed by atoms with Crippen LogP contribution >= 0.6 is 27.3 Å². The van der Waals surface area contributed by atoms with E-state index in [9.17, 15) is 4.79 Å². The number of nitrogens with one attached hydrogen (secondary N) is 3. The van der Waals surface area contributed by atoms with E-state index in [4.69, 9.17) is 0 Å². The van der Waals surface area contributed by atoms with E-state index >= 15 is 0 Å². The number of thiophene rings is 1. The molecule has 3 aromatic rings. The van der Waals surface area contributed by atoms with Gasteiger partial charge in [-0.25, -0.2) is 4.79 Å². The van der Waals surface area contributed by atoms with Crippen molar-refractivity contribution in [3.8, 4) is 0 Å². The van der Waals surface area contributed by atoms with Crippen LogP contribution in [0.1, 0.15) is 22.0 Å². The second-order valence-corrected chi connectivity index (χ2v) is 6.49. The molecule has 104 valence electrons. The van der Waals surface area contributed by atoms with E-state index in [-0.39, 0.29) is 11.7 Å². The quantitative estimate of drug-likeness (QED) is 0.677. The zero-order valence-corrected chi connectivity index (χ0v) is 13.5. The lowest BCUT2D eigenvalue weighted by molar-refractivity contribution is 0.698. The van der Waals surface area contributed by atoms with Crippen molar-refractivity contribution in [3.05, 3.63) is 54.5 Å². The number of aromatic nitrogens is 2. The topological polar surface area (TPSA) is 60.7 Å². The second kappa shape index (κ2) is 5.20. The van der Waals surface area contributed by atoms with Gasteiger partial charge in [0.05, 0.1) is 17.1 Å². The van der Waals surface area contributed by atoms with Gasteiger partial charge in [0.15, 0.2) is 0 Å². The molecule has 0 fully saturated rings. The fourth-order valence-corrected chi connectivity index (χ4v) is 4.03. The van der Waals surface area contributed by atoms with Crippen LogP contribution in [0.5, 0.6) is 0 Å². The Morgan fingerprint density at radius 3 is 2.60 bits per heavy atom. The lowest BCUT2D eigenvalue weighted by Crippen LogP contribution is -2.17. The first-order valence-corrected chi connectivity index (χ1v) is 7.90. The first-order valence-electron chi connectivity index (χ1n) is 6.23. The van der Waals surface area contributed by atoms with Crippen molar-refractivity contribution in [1.29, 1.82) is 0 Å². The van der Waals surface area contributed by atoms with Crippen LogP contribution in [0.15, 0.2) is 32.8 Å². The van der Waals surface area contributed by atoms with Crippen LogP contribution in [0, 0.1) is 6.92 Å². The lowest BCUT2D eigenvalue weighted by Gasteiger charge is -2.18. The second-order valence-electron chi connectivity index (χ2n) is 4.69. The number of benzene rings is 1. The van der Waals surface area contributed by atoms with Crippen molar-refractivity contribution in [2.24, 2.45) is 0 Å². The Balaban J connectivity index is 2.18. The van der Waals surface area contributed by atoms with Crippen LogP contribution in [0.4, 0.5) is 0 Å². The van der Waals surface area contributed by atoms with E-state index in [2.05, 4.69) is 49.6 Å². The highest BCUT2D eigenvalue weighted by Crippen LogP contribution is 2.34. The molecule has 0 saturated heterocycles. The maximum Gasteiger partial charge on any atom is 0.323 e. The fraction of sp³-hybridized carbons (Fsp3) is 0.214. The molecule has 1 unspecified atom stereocenters. The van der Waals surface area contributed by atoms with E-state index in [1.165, 1.54) is 10.4 Å². The Morgan fingerprint density at radius 2 is 2.00 bits per heavy atom. The molecule has 20 heavy (non-hydrogen) atoms. The Kier molecular flexibility index (Phi) is 3.54. The molecule has 6 heteroatoms. The first-order chi connectivity index (χ1) is 9.60. The summed E-state index contributed by atoms with van der Waals surface area (Å²) in [7, 11) is 1.94. The molecule has 0 radical (unpaired) electrons. The molecular weight excluding hydrogens is 338 g/mol. The molecule has 2 heterocycles. The fourth-order valence-electron chi connectivity index (χ4n) is 2.40. The molecule has 4 nitrogen and oxygen atoms in total. The Morgan fingerprint density at radius 1 is 1.30 bits per heavy atom. The van der Waals surface area contributed by atoms with Gasteiger partial charge in [-0.05, 0) is 48.7 Å². The summed E-state index contributed by atoms with van der Waals surface area (Å²) < 4.78 is 0.979. The number of H-pyrrole nitrogens is 2. The van der Waals surface area contributed by atoms with Gasteiger partial charge in [-0.2, -0.15) is 0 Å². The van der Waals surface area contributed by atoms with Gasteiger partial charge in [-0.15, -0.1) is 11.3 Å². The molecule has 0 aliphatic heterocycles. The van der Waals surface area contributed by atoms with Crippen molar-refractivity contribution in [3.63, 3.8) is 0 Å². The summed E-state index contributed by atoms with van der Waals surface area (Å²) >= 11 is 5.34. The lowest BCUT2D eigenvalue weighted by atomic mass is 10.0. The van der Waals surface area contributed by atoms with E-state index in [1.807, 2.05) is 19.2 Å². The number of rotatable bonds is 3. The van der Waals surface area contributed by atoms with Crippen LogP contribution in [0.3, 0.4) is 0 Å². The number of aryl methyl sites for hydroxylation is 1. The van der Waals surface area contributed by atoms with Gasteiger partial charge in [-0.1, -0.05) is 15.9 Å². The van der Waals surface area contributed by atoms with Crippen LogP contribution in [0.25, 0.3) is 11.0 Å². The predicted molar refractivity (Wildman–Crippen MR) is 86.6 cm³/mol. The third kappa shape index (κ3) is 2.24. The predicted octanol–water partition coefficient (Wildman–Crippen LogP) is 3.30. The summed E-state index contributed by atoms with van der Waals surface area (Å²) in [6.45, 7) is 2.11. The van der Waals surface area contributed by atoms with E-state index in [1.54, 1.807) is 11.3 Å². The van der Waals surface area contributed by atoms with E-state index in [0.717, 1.165) is 21.1 Å². The van der Waals surface area contributed by atoms with Crippen LogP contribution in [0.2, 0.25) is 0 Å². The van der Waals surface area contributed by atoms with Gasteiger partial charge in [0.1, 0.15) is 0 Å². The summed E-state index contributed by atoms with van der Waals surface area (Å²) in [5, 5.41) is 5.45. The van der Waals surface area contributed by atoms with Crippen molar-refractivity contribution >= 4 is 38.3 Å². The molecule has 0 spiro atoms. The van der Waals surface area contributed by atoms with Gasteiger partial charge >= 0.3 is 5.69 Å². The molecule has 0 saturated carbocycles. The van der Waals surface area contributed by atoms with Gasteiger partial charge in [0, 0.05) is 9.35 Å². The van der Waals surface area contributed by atoms with Gasteiger partial charge in [-0.3, -0.25) is 0 Å². The molecule has 0 aliphatic carbocycles. The molecule has 3 rings (SSSR count). The molecular formula is C14H14BrN3OS. The SMILES string of the molecule is CNC(c1cc2[nH]c(=O)[nH]c2cc1Br)c1sccc1C. The van der Waals surface area contributed by atoms with Crippen molar-refractivity contribution in [2.45, 2.75) is 13.0 Å². The summed E-state index contributed by atoms with van der Waals surface area (Å²) in [5.74, 6) is 0. The normalized spacial score (nSPS) is 12.9. The highest BCUT2D eigenvalue weighted by Gasteiger charge is 2.19. The summed E-state index contributed by atoms with van der Waals surface area (Å²) in [5.41, 5.74) is 3.83. The number of halogens is 1. The molecule has 1 atom stereocenters. The summed E-state index contributed by atoms with van der Waals surface area (Å²) in [4.78, 5) is 18.3. The van der Waals surface area contributed by atoms with Crippen molar-refractivity contribution in [2.75, 3.05) is 7.05 Å². The van der Waals surface area contributed by atoms with E-state index < -0.39 is 0 Å². The monoisotopic (exact) mass is 351 g/mol. The van der Waals surface area contributed by atoms with Crippen LogP contribution in [-0.4, -0.2) is 17.0 Å². The third-order valence-corrected chi connectivity index (χ3v) is 5.17. The first kappa shape index (κ1) is 13.6. The highest BCUT2D eigenvalue weighted by atomic mass is 79.9. The van der Waals surface area contributed by atoms with Gasteiger partial charge < -0.3 is 15.3 Å². The zero-order chi connectivity index (χ0) is 14.3. The Hall–Kier alpha value is -1.37.